The first kappa shape index (κ1) is 15.4. The van der Waals surface area contributed by atoms with Gasteiger partial charge in [0.05, 0.1) is 6.10 Å². The summed E-state index contributed by atoms with van der Waals surface area (Å²) in [6, 6.07) is 4.49. The fraction of sp³-hybridized carbons (Fsp3) is 0.625. The Kier molecular flexibility index (Phi) is 6.07. The monoisotopic (exact) mass is 266 g/mol. The van der Waals surface area contributed by atoms with Gasteiger partial charge in [-0.2, -0.15) is 0 Å². The molecule has 1 aromatic carbocycles. The SMILES string of the molecule is Cc1cc(SCCC(C)C)cc(C)c1OC(C)C. The van der Waals surface area contributed by atoms with E-state index in [2.05, 4.69) is 53.7 Å². The maximum atomic E-state index is 5.86. The van der Waals surface area contributed by atoms with Crippen LogP contribution < -0.4 is 4.74 Å². The Morgan fingerprint density at radius 1 is 1.06 bits per heavy atom. The first-order valence-corrected chi connectivity index (χ1v) is 7.79. The number of hydrogen-bond acceptors (Lipinski definition) is 2. The molecule has 0 fully saturated rings. The number of benzene rings is 1. The van der Waals surface area contributed by atoms with Crippen molar-refractivity contribution in [2.24, 2.45) is 5.92 Å². The summed E-state index contributed by atoms with van der Waals surface area (Å²) in [4.78, 5) is 1.36. The average Bonchev–Trinajstić information content (AvgIpc) is 2.22. The molecule has 0 N–H and O–H groups in total. The molecule has 0 saturated carbocycles. The van der Waals surface area contributed by atoms with E-state index in [9.17, 15) is 0 Å². The molecule has 0 amide bonds. The van der Waals surface area contributed by atoms with E-state index in [0.717, 1.165) is 11.7 Å². The summed E-state index contributed by atoms with van der Waals surface area (Å²) >= 11 is 1.95. The molecule has 0 radical (unpaired) electrons. The fourth-order valence-electron chi connectivity index (χ4n) is 1.83. The Morgan fingerprint density at radius 3 is 2.06 bits per heavy atom. The van der Waals surface area contributed by atoms with Crippen molar-refractivity contribution in [2.45, 2.75) is 59.0 Å². The van der Waals surface area contributed by atoms with Crippen LogP contribution in [0.3, 0.4) is 0 Å². The molecule has 102 valence electrons. The van der Waals surface area contributed by atoms with Crippen molar-refractivity contribution < 1.29 is 4.74 Å². The second kappa shape index (κ2) is 7.08. The quantitative estimate of drug-likeness (QED) is 0.652. The van der Waals surface area contributed by atoms with E-state index in [4.69, 9.17) is 4.74 Å². The van der Waals surface area contributed by atoms with E-state index in [1.807, 2.05) is 11.8 Å². The Hall–Kier alpha value is -0.630. The van der Waals surface area contributed by atoms with Crippen molar-refractivity contribution in [3.05, 3.63) is 23.3 Å². The van der Waals surface area contributed by atoms with Crippen LogP contribution in [0.2, 0.25) is 0 Å². The standard InChI is InChI=1S/C16H26OS/c1-11(2)7-8-18-15-9-13(5)16(14(6)10-15)17-12(3)4/h9-12H,7-8H2,1-6H3. The molecule has 0 unspecified atom stereocenters. The third kappa shape index (κ3) is 4.93. The summed E-state index contributed by atoms with van der Waals surface area (Å²) in [7, 11) is 0. The minimum atomic E-state index is 0.238. The summed E-state index contributed by atoms with van der Waals surface area (Å²) in [5.41, 5.74) is 2.49. The molecule has 0 aliphatic heterocycles. The molecule has 18 heavy (non-hydrogen) atoms. The molecule has 0 heterocycles. The lowest BCUT2D eigenvalue weighted by molar-refractivity contribution is 0.239. The van der Waals surface area contributed by atoms with Gasteiger partial charge in [0.25, 0.3) is 0 Å². The van der Waals surface area contributed by atoms with Crippen LogP contribution in [-0.2, 0) is 0 Å². The lowest BCUT2D eigenvalue weighted by Crippen LogP contribution is -2.08. The zero-order chi connectivity index (χ0) is 13.7. The Bertz CT molecular complexity index is 360. The third-order valence-electron chi connectivity index (χ3n) is 2.75. The van der Waals surface area contributed by atoms with Gasteiger partial charge >= 0.3 is 0 Å². The Labute approximate surface area is 116 Å². The van der Waals surface area contributed by atoms with E-state index < -0.39 is 0 Å². The number of aryl methyl sites for hydroxylation is 2. The molecular formula is C16H26OS. The third-order valence-corrected chi connectivity index (χ3v) is 3.76. The molecule has 0 atom stereocenters. The predicted octanol–water partition coefficient (Wildman–Crippen LogP) is 5.23. The Balaban J connectivity index is 2.73. The van der Waals surface area contributed by atoms with Crippen LogP contribution in [0.4, 0.5) is 0 Å². The molecular weight excluding hydrogens is 240 g/mol. The normalized spacial score (nSPS) is 11.3. The minimum Gasteiger partial charge on any atom is -0.490 e. The largest absolute Gasteiger partial charge is 0.490 e. The molecule has 0 aliphatic rings. The molecule has 2 heteroatoms. The van der Waals surface area contributed by atoms with Gasteiger partial charge < -0.3 is 4.74 Å². The van der Waals surface area contributed by atoms with Gasteiger partial charge in [0, 0.05) is 4.90 Å². The summed E-state index contributed by atoms with van der Waals surface area (Å²) in [5, 5.41) is 0. The fourth-order valence-corrected chi connectivity index (χ4v) is 3.17. The molecule has 0 aromatic heterocycles. The molecule has 0 saturated heterocycles. The van der Waals surface area contributed by atoms with Crippen LogP contribution in [0.25, 0.3) is 0 Å². The second-order valence-corrected chi connectivity index (χ2v) is 6.75. The summed E-state index contributed by atoms with van der Waals surface area (Å²) in [6.45, 7) is 13.0. The van der Waals surface area contributed by atoms with Crippen molar-refractivity contribution in [3.63, 3.8) is 0 Å². The average molecular weight is 266 g/mol. The zero-order valence-corrected chi connectivity index (χ0v) is 13.4. The van der Waals surface area contributed by atoms with Gasteiger partial charge in [-0.05, 0) is 69.0 Å². The minimum absolute atomic E-state index is 0.238. The molecule has 0 spiro atoms. The van der Waals surface area contributed by atoms with Gasteiger partial charge in [-0.15, -0.1) is 11.8 Å². The number of hydrogen-bond donors (Lipinski definition) is 0. The molecule has 1 nitrogen and oxygen atoms in total. The zero-order valence-electron chi connectivity index (χ0n) is 12.5. The topological polar surface area (TPSA) is 9.23 Å². The van der Waals surface area contributed by atoms with Crippen molar-refractivity contribution in [1.29, 1.82) is 0 Å². The maximum Gasteiger partial charge on any atom is 0.125 e. The van der Waals surface area contributed by atoms with Crippen LogP contribution in [0.15, 0.2) is 17.0 Å². The van der Waals surface area contributed by atoms with Crippen LogP contribution in [0, 0.1) is 19.8 Å². The highest BCUT2D eigenvalue weighted by molar-refractivity contribution is 7.99. The van der Waals surface area contributed by atoms with Gasteiger partial charge in [-0.3, -0.25) is 0 Å². The first-order chi connectivity index (χ1) is 8.40. The van der Waals surface area contributed by atoms with Gasteiger partial charge in [0.15, 0.2) is 0 Å². The maximum absolute atomic E-state index is 5.86. The van der Waals surface area contributed by atoms with E-state index in [1.54, 1.807) is 0 Å². The summed E-state index contributed by atoms with van der Waals surface area (Å²) < 4.78 is 5.86. The number of ether oxygens (including phenoxy) is 1. The van der Waals surface area contributed by atoms with Crippen molar-refractivity contribution in [2.75, 3.05) is 5.75 Å². The highest BCUT2D eigenvalue weighted by Gasteiger charge is 2.08. The molecule has 1 rings (SSSR count). The first-order valence-electron chi connectivity index (χ1n) is 6.80. The highest BCUT2D eigenvalue weighted by atomic mass is 32.2. The van der Waals surface area contributed by atoms with E-state index >= 15 is 0 Å². The van der Waals surface area contributed by atoms with Crippen LogP contribution in [0.5, 0.6) is 5.75 Å². The van der Waals surface area contributed by atoms with Gasteiger partial charge in [-0.25, -0.2) is 0 Å². The van der Waals surface area contributed by atoms with Crippen molar-refractivity contribution in [3.8, 4) is 5.75 Å². The Morgan fingerprint density at radius 2 is 1.61 bits per heavy atom. The highest BCUT2D eigenvalue weighted by Crippen LogP contribution is 2.31. The van der Waals surface area contributed by atoms with Crippen molar-refractivity contribution in [1.82, 2.24) is 0 Å². The van der Waals surface area contributed by atoms with Gasteiger partial charge in [-0.1, -0.05) is 13.8 Å². The van der Waals surface area contributed by atoms with Gasteiger partial charge in [0.1, 0.15) is 5.75 Å². The smallest absolute Gasteiger partial charge is 0.125 e. The summed E-state index contributed by atoms with van der Waals surface area (Å²) in [5.74, 6) is 3.03. The number of rotatable bonds is 6. The number of thioether (sulfide) groups is 1. The predicted molar refractivity (Wildman–Crippen MR) is 81.9 cm³/mol. The second-order valence-electron chi connectivity index (χ2n) is 5.58. The van der Waals surface area contributed by atoms with E-state index in [1.165, 1.54) is 28.2 Å². The van der Waals surface area contributed by atoms with E-state index in [0.29, 0.717) is 0 Å². The van der Waals surface area contributed by atoms with Gasteiger partial charge in [0.2, 0.25) is 0 Å². The van der Waals surface area contributed by atoms with E-state index in [-0.39, 0.29) is 6.10 Å². The van der Waals surface area contributed by atoms with Crippen LogP contribution >= 0.6 is 11.8 Å². The lowest BCUT2D eigenvalue weighted by atomic mass is 10.1. The van der Waals surface area contributed by atoms with Crippen LogP contribution in [-0.4, -0.2) is 11.9 Å². The molecule has 0 bridgehead atoms. The lowest BCUT2D eigenvalue weighted by Gasteiger charge is -2.16. The molecule has 0 aliphatic carbocycles. The van der Waals surface area contributed by atoms with Crippen LogP contribution in [0.1, 0.15) is 45.2 Å². The van der Waals surface area contributed by atoms with Crippen molar-refractivity contribution >= 4 is 11.8 Å². The molecule has 1 aromatic rings. The summed E-state index contributed by atoms with van der Waals surface area (Å²) in [6.07, 6.45) is 1.51.